The van der Waals surface area contributed by atoms with Crippen molar-refractivity contribution in [2.45, 2.75) is 45.7 Å². The van der Waals surface area contributed by atoms with Gasteiger partial charge < -0.3 is 5.32 Å². The highest BCUT2D eigenvalue weighted by Gasteiger charge is 2.27. The van der Waals surface area contributed by atoms with Crippen molar-refractivity contribution in [2.75, 3.05) is 25.9 Å². The fourth-order valence-electron chi connectivity index (χ4n) is 2.33. The molecule has 1 rings (SSSR count). The van der Waals surface area contributed by atoms with Crippen molar-refractivity contribution < 1.29 is 13.2 Å². The second-order valence-electron chi connectivity index (χ2n) is 6.02. The zero-order valence-corrected chi connectivity index (χ0v) is 13.7. The first-order valence-corrected chi connectivity index (χ1v) is 9.07. The Bertz CT molecular complexity index is 415. The van der Waals surface area contributed by atoms with Gasteiger partial charge in [0.25, 0.3) is 0 Å². The van der Waals surface area contributed by atoms with Crippen LogP contribution in [0.15, 0.2) is 0 Å². The number of piperidine rings is 1. The van der Waals surface area contributed by atoms with E-state index in [4.69, 9.17) is 0 Å². The molecule has 7 heteroatoms. The van der Waals surface area contributed by atoms with E-state index in [0.717, 1.165) is 25.9 Å². The van der Waals surface area contributed by atoms with Crippen LogP contribution in [-0.4, -0.2) is 57.2 Å². The van der Waals surface area contributed by atoms with E-state index in [9.17, 15) is 13.2 Å². The van der Waals surface area contributed by atoms with Gasteiger partial charge in [0.2, 0.25) is 15.9 Å². The Morgan fingerprint density at radius 2 is 1.80 bits per heavy atom. The molecular formula is C13H27N3O3S. The Hall–Kier alpha value is -0.660. The summed E-state index contributed by atoms with van der Waals surface area (Å²) in [6, 6.07) is -0.167. The van der Waals surface area contributed by atoms with Crippen LogP contribution in [-0.2, 0) is 14.8 Å². The third-order valence-corrected chi connectivity index (χ3v) is 4.28. The molecule has 1 aliphatic heterocycles. The first-order chi connectivity index (χ1) is 9.19. The zero-order chi connectivity index (χ0) is 15.3. The van der Waals surface area contributed by atoms with E-state index >= 15 is 0 Å². The molecule has 0 aromatic carbocycles. The van der Waals surface area contributed by atoms with Crippen LogP contribution in [0.2, 0.25) is 0 Å². The second-order valence-corrected chi connectivity index (χ2v) is 7.80. The molecule has 1 amide bonds. The molecule has 20 heavy (non-hydrogen) atoms. The number of sulfonamides is 1. The smallest absolute Gasteiger partial charge is 0.237 e. The van der Waals surface area contributed by atoms with Crippen molar-refractivity contribution in [1.29, 1.82) is 0 Å². The summed E-state index contributed by atoms with van der Waals surface area (Å²) in [4.78, 5) is 14.1. The van der Waals surface area contributed by atoms with Gasteiger partial charge in [0.1, 0.15) is 0 Å². The minimum atomic E-state index is -3.14. The summed E-state index contributed by atoms with van der Waals surface area (Å²) in [5, 5.41) is 2.94. The number of rotatable bonds is 6. The number of nitrogens with one attached hydrogen (secondary N) is 2. The van der Waals surface area contributed by atoms with E-state index < -0.39 is 10.0 Å². The predicted octanol–water partition coefficient (Wildman–Crippen LogP) is 0.161. The van der Waals surface area contributed by atoms with Gasteiger partial charge in [0.15, 0.2) is 0 Å². The molecule has 0 spiro atoms. The minimum absolute atomic E-state index is 0.00725. The van der Waals surface area contributed by atoms with Crippen molar-refractivity contribution in [3.8, 4) is 0 Å². The quantitative estimate of drug-likeness (QED) is 0.733. The van der Waals surface area contributed by atoms with Crippen LogP contribution in [0.1, 0.15) is 33.6 Å². The van der Waals surface area contributed by atoms with Gasteiger partial charge in [0, 0.05) is 25.7 Å². The molecule has 1 aliphatic rings. The number of amides is 1. The maximum atomic E-state index is 12.0. The van der Waals surface area contributed by atoms with Gasteiger partial charge in [-0.1, -0.05) is 13.8 Å². The van der Waals surface area contributed by atoms with Gasteiger partial charge >= 0.3 is 0 Å². The molecule has 0 aliphatic carbocycles. The van der Waals surface area contributed by atoms with E-state index in [1.54, 1.807) is 0 Å². The topological polar surface area (TPSA) is 78.5 Å². The van der Waals surface area contributed by atoms with Crippen LogP contribution >= 0.6 is 0 Å². The summed E-state index contributed by atoms with van der Waals surface area (Å²) < 4.78 is 25.0. The lowest BCUT2D eigenvalue weighted by molar-refractivity contribution is -0.126. The maximum absolute atomic E-state index is 12.0. The van der Waals surface area contributed by atoms with Gasteiger partial charge in [-0.05, 0) is 25.7 Å². The van der Waals surface area contributed by atoms with Crippen molar-refractivity contribution in [3.05, 3.63) is 0 Å². The Balaban J connectivity index is 2.38. The molecule has 0 bridgehead atoms. The molecule has 118 valence electrons. The number of likely N-dealkylation sites (tertiary alicyclic amines) is 1. The molecule has 1 saturated heterocycles. The average Bonchev–Trinajstić information content (AvgIpc) is 2.34. The zero-order valence-electron chi connectivity index (χ0n) is 12.8. The summed E-state index contributed by atoms with van der Waals surface area (Å²) in [7, 11) is -3.14. The Labute approximate surface area is 122 Å². The van der Waals surface area contributed by atoms with E-state index in [-0.39, 0.29) is 18.0 Å². The highest BCUT2D eigenvalue weighted by atomic mass is 32.2. The molecule has 1 atom stereocenters. The van der Waals surface area contributed by atoms with Crippen molar-refractivity contribution in [3.63, 3.8) is 0 Å². The summed E-state index contributed by atoms with van der Waals surface area (Å²) >= 11 is 0. The number of carbonyl (C=O) groups is 1. The Morgan fingerprint density at radius 3 is 2.25 bits per heavy atom. The van der Waals surface area contributed by atoms with Gasteiger partial charge in [-0.2, -0.15) is 0 Å². The summed E-state index contributed by atoms with van der Waals surface area (Å²) in [5.74, 6) is 0.490. The third kappa shape index (κ3) is 6.19. The molecule has 0 radical (unpaired) electrons. The van der Waals surface area contributed by atoms with E-state index in [0.29, 0.717) is 12.5 Å². The SMILES string of the molecule is CC(C)CNC(=O)C(C)N1CCC(NS(C)(=O)=O)CC1. The minimum Gasteiger partial charge on any atom is -0.354 e. The standard InChI is InChI=1S/C13H27N3O3S/c1-10(2)9-14-13(17)11(3)16-7-5-12(6-8-16)15-20(4,18)19/h10-12,15H,5-9H2,1-4H3,(H,14,17). The third-order valence-electron chi connectivity index (χ3n) is 3.52. The first kappa shape index (κ1) is 17.4. The molecule has 1 unspecified atom stereocenters. The second kappa shape index (κ2) is 7.38. The lowest BCUT2D eigenvalue weighted by Crippen LogP contribution is -2.51. The van der Waals surface area contributed by atoms with Gasteiger partial charge in [-0.25, -0.2) is 13.1 Å². The van der Waals surface area contributed by atoms with E-state index in [2.05, 4.69) is 28.8 Å². The molecule has 1 fully saturated rings. The largest absolute Gasteiger partial charge is 0.354 e. The summed E-state index contributed by atoms with van der Waals surface area (Å²) in [6.45, 7) is 8.20. The molecule has 0 aromatic heterocycles. The van der Waals surface area contributed by atoms with Crippen LogP contribution < -0.4 is 10.0 Å². The van der Waals surface area contributed by atoms with Gasteiger partial charge in [-0.3, -0.25) is 9.69 Å². The van der Waals surface area contributed by atoms with Crippen molar-refractivity contribution in [1.82, 2.24) is 14.9 Å². The fraction of sp³-hybridized carbons (Fsp3) is 0.923. The predicted molar refractivity (Wildman–Crippen MR) is 79.9 cm³/mol. The summed E-state index contributed by atoms with van der Waals surface area (Å²) in [5.41, 5.74) is 0. The molecular weight excluding hydrogens is 278 g/mol. The van der Waals surface area contributed by atoms with Gasteiger partial charge in [0.05, 0.1) is 12.3 Å². The van der Waals surface area contributed by atoms with E-state index in [1.807, 2.05) is 6.92 Å². The number of hydrogen-bond donors (Lipinski definition) is 2. The maximum Gasteiger partial charge on any atom is 0.237 e. The van der Waals surface area contributed by atoms with Crippen LogP contribution in [0.3, 0.4) is 0 Å². The monoisotopic (exact) mass is 305 g/mol. The molecule has 0 aromatic rings. The van der Waals surface area contributed by atoms with Crippen molar-refractivity contribution in [2.24, 2.45) is 5.92 Å². The van der Waals surface area contributed by atoms with E-state index in [1.165, 1.54) is 6.26 Å². The normalized spacial score (nSPS) is 20.1. The van der Waals surface area contributed by atoms with Crippen molar-refractivity contribution >= 4 is 15.9 Å². The molecule has 2 N–H and O–H groups in total. The lowest BCUT2D eigenvalue weighted by atomic mass is 10.0. The molecule has 1 heterocycles. The molecule has 6 nitrogen and oxygen atoms in total. The van der Waals surface area contributed by atoms with Crippen LogP contribution in [0.4, 0.5) is 0 Å². The lowest BCUT2D eigenvalue weighted by Gasteiger charge is -2.35. The number of hydrogen-bond acceptors (Lipinski definition) is 4. The number of nitrogens with zero attached hydrogens (tertiary/aromatic N) is 1. The highest BCUT2D eigenvalue weighted by Crippen LogP contribution is 2.14. The highest BCUT2D eigenvalue weighted by molar-refractivity contribution is 7.88. The average molecular weight is 305 g/mol. The first-order valence-electron chi connectivity index (χ1n) is 7.18. The number of carbonyl (C=O) groups excluding carboxylic acids is 1. The van der Waals surface area contributed by atoms with Crippen LogP contribution in [0.5, 0.6) is 0 Å². The van der Waals surface area contributed by atoms with Gasteiger partial charge in [-0.15, -0.1) is 0 Å². The molecule has 0 saturated carbocycles. The van der Waals surface area contributed by atoms with Crippen LogP contribution in [0.25, 0.3) is 0 Å². The Kier molecular flexibility index (Phi) is 6.42. The fourth-order valence-corrected chi connectivity index (χ4v) is 3.17. The Morgan fingerprint density at radius 1 is 1.25 bits per heavy atom. The van der Waals surface area contributed by atoms with Crippen LogP contribution in [0, 0.1) is 5.92 Å². The summed E-state index contributed by atoms with van der Waals surface area (Å²) in [6.07, 6.45) is 2.67.